The number of ether oxygens (including phenoxy) is 1. The molecule has 1 fully saturated rings. The highest BCUT2D eigenvalue weighted by atomic mass is 79.9. The molecule has 1 aliphatic heterocycles. The molecule has 1 unspecified atom stereocenters. The van der Waals surface area contributed by atoms with Crippen molar-refractivity contribution < 1.29 is 4.74 Å². The number of hydrogen-bond donors (Lipinski definition) is 0. The summed E-state index contributed by atoms with van der Waals surface area (Å²) in [6, 6.07) is 4.31. The Hall–Kier alpha value is -0.210. The molecular weight excluding hydrogens is 324 g/mol. The molecule has 1 aromatic carbocycles. The molecule has 0 radical (unpaired) electrons. The van der Waals surface area contributed by atoms with Gasteiger partial charge < -0.3 is 4.74 Å². The van der Waals surface area contributed by atoms with Gasteiger partial charge in [0.2, 0.25) is 0 Å². The smallest absolute Gasteiger partial charge is 0.127 e. The number of benzene rings is 1. The molecule has 0 bridgehead atoms. The third-order valence-corrected chi connectivity index (χ3v) is 5.25. The van der Waals surface area contributed by atoms with E-state index in [0.29, 0.717) is 0 Å². The van der Waals surface area contributed by atoms with E-state index in [2.05, 4.69) is 28.1 Å². The van der Waals surface area contributed by atoms with E-state index in [0.717, 1.165) is 35.6 Å². The molecule has 0 amide bonds. The Morgan fingerprint density at radius 2 is 2.05 bits per heavy atom. The van der Waals surface area contributed by atoms with Crippen molar-refractivity contribution in [1.82, 2.24) is 0 Å². The summed E-state index contributed by atoms with van der Waals surface area (Å²) in [4.78, 5) is 0. The fourth-order valence-corrected chi connectivity index (χ4v) is 4.31. The van der Waals surface area contributed by atoms with Gasteiger partial charge in [0.25, 0.3) is 0 Å². The summed E-state index contributed by atoms with van der Waals surface area (Å²) in [6.07, 6.45) is 8.95. The molecule has 0 spiro atoms. The van der Waals surface area contributed by atoms with Gasteiger partial charge in [-0.15, -0.1) is 11.6 Å². The fourth-order valence-electron chi connectivity index (χ4n) is 3.37. The number of fused-ring (bicyclic) bond motifs is 1. The van der Waals surface area contributed by atoms with Crippen LogP contribution in [0.25, 0.3) is 0 Å². The second kappa shape index (κ2) is 6.05. The minimum Gasteiger partial charge on any atom is -0.493 e. The van der Waals surface area contributed by atoms with Crippen LogP contribution in [0.3, 0.4) is 0 Å². The van der Waals surface area contributed by atoms with Crippen molar-refractivity contribution in [1.29, 1.82) is 0 Å². The van der Waals surface area contributed by atoms with E-state index in [1.54, 1.807) is 0 Å². The highest BCUT2D eigenvalue weighted by Crippen LogP contribution is 2.42. The van der Waals surface area contributed by atoms with Crippen LogP contribution in [0.15, 0.2) is 16.6 Å². The van der Waals surface area contributed by atoms with E-state index in [1.165, 1.54) is 43.2 Å². The average molecular weight is 344 g/mol. The molecule has 3 rings (SSSR count). The van der Waals surface area contributed by atoms with Crippen molar-refractivity contribution in [3.63, 3.8) is 0 Å². The minimum absolute atomic E-state index is 0.0902. The summed E-state index contributed by atoms with van der Waals surface area (Å²) < 4.78 is 6.92. The SMILES string of the molecule is ClC(CC1CCCCC1)c1cc(Br)cc2c1OCC2. The maximum absolute atomic E-state index is 6.69. The molecule has 1 aliphatic carbocycles. The van der Waals surface area contributed by atoms with E-state index in [4.69, 9.17) is 16.3 Å². The van der Waals surface area contributed by atoms with Crippen LogP contribution in [0.2, 0.25) is 0 Å². The first kappa shape index (κ1) is 13.8. The Labute approximate surface area is 128 Å². The van der Waals surface area contributed by atoms with Gasteiger partial charge in [0.05, 0.1) is 12.0 Å². The van der Waals surface area contributed by atoms with Gasteiger partial charge in [0.1, 0.15) is 5.75 Å². The zero-order valence-electron chi connectivity index (χ0n) is 11.1. The Bertz CT molecular complexity index is 454. The predicted octanol–water partition coefficient (Wildman–Crippen LogP) is 5.63. The molecular formula is C16H20BrClO. The molecule has 1 atom stereocenters. The monoisotopic (exact) mass is 342 g/mol. The number of rotatable bonds is 3. The maximum atomic E-state index is 6.69. The van der Waals surface area contributed by atoms with Crippen molar-refractivity contribution in [2.75, 3.05) is 6.61 Å². The van der Waals surface area contributed by atoms with Gasteiger partial charge >= 0.3 is 0 Å². The highest BCUT2D eigenvalue weighted by Gasteiger charge is 2.25. The van der Waals surface area contributed by atoms with Crippen molar-refractivity contribution >= 4 is 27.5 Å². The number of halogens is 2. The zero-order chi connectivity index (χ0) is 13.2. The summed E-state index contributed by atoms with van der Waals surface area (Å²) >= 11 is 10.3. The van der Waals surface area contributed by atoms with Crippen LogP contribution in [0.1, 0.15) is 55.0 Å². The lowest BCUT2D eigenvalue weighted by Gasteiger charge is -2.24. The third-order valence-electron chi connectivity index (χ3n) is 4.38. The molecule has 2 aliphatic rings. The summed E-state index contributed by atoms with van der Waals surface area (Å²) in [7, 11) is 0. The van der Waals surface area contributed by atoms with Crippen LogP contribution in [-0.4, -0.2) is 6.61 Å². The Morgan fingerprint density at radius 1 is 1.26 bits per heavy atom. The van der Waals surface area contributed by atoms with E-state index >= 15 is 0 Å². The Kier molecular flexibility index (Phi) is 4.38. The first-order chi connectivity index (χ1) is 9.24. The zero-order valence-corrected chi connectivity index (χ0v) is 13.5. The molecule has 0 saturated heterocycles. The lowest BCUT2D eigenvalue weighted by Crippen LogP contribution is -2.09. The molecule has 19 heavy (non-hydrogen) atoms. The summed E-state index contributed by atoms with van der Waals surface area (Å²) in [5, 5.41) is 0.0902. The van der Waals surface area contributed by atoms with Crippen LogP contribution >= 0.6 is 27.5 Å². The van der Waals surface area contributed by atoms with Gasteiger partial charge in [-0.1, -0.05) is 48.0 Å². The average Bonchev–Trinajstić information content (AvgIpc) is 2.86. The second-order valence-electron chi connectivity index (χ2n) is 5.79. The number of alkyl halides is 1. The fraction of sp³-hybridized carbons (Fsp3) is 0.625. The van der Waals surface area contributed by atoms with Crippen LogP contribution < -0.4 is 4.74 Å². The first-order valence-electron chi connectivity index (χ1n) is 7.33. The maximum Gasteiger partial charge on any atom is 0.127 e. The standard InChI is InChI=1S/C16H20BrClO/c17-13-9-12-6-7-19-16(12)14(10-13)15(18)8-11-4-2-1-3-5-11/h9-11,15H,1-8H2. The van der Waals surface area contributed by atoms with E-state index in [1.807, 2.05) is 0 Å². The quantitative estimate of drug-likeness (QED) is 0.646. The Balaban J connectivity index is 1.77. The van der Waals surface area contributed by atoms with Crippen LogP contribution in [0, 0.1) is 5.92 Å². The van der Waals surface area contributed by atoms with Gasteiger partial charge in [0.15, 0.2) is 0 Å². The highest BCUT2D eigenvalue weighted by molar-refractivity contribution is 9.10. The topological polar surface area (TPSA) is 9.23 Å². The minimum atomic E-state index is 0.0902. The Morgan fingerprint density at radius 3 is 2.84 bits per heavy atom. The molecule has 0 aromatic heterocycles. The molecule has 1 nitrogen and oxygen atoms in total. The van der Waals surface area contributed by atoms with Gasteiger partial charge in [-0.05, 0) is 30.0 Å². The molecule has 0 N–H and O–H groups in total. The molecule has 3 heteroatoms. The normalized spacial score (nSPS) is 20.9. The summed E-state index contributed by atoms with van der Waals surface area (Å²) in [6.45, 7) is 0.797. The molecule has 1 heterocycles. The number of hydrogen-bond acceptors (Lipinski definition) is 1. The summed E-state index contributed by atoms with van der Waals surface area (Å²) in [5.74, 6) is 1.85. The molecule has 1 aromatic rings. The second-order valence-corrected chi connectivity index (χ2v) is 7.23. The third kappa shape index (κ3) is 3.11. The largest absolute Gasteiger partial charge is 0.493 e. The summed E-state index contributed by atoms with van der Waals surface area (Å²) in [5.41, 5.74) is 2.49. The lowest BCUT2D eigenvalue weighted by molar-refractivity contribution is 0.329. The van der Waals surface area contributed by atoms with Crippen molar-refractivity contribution in [2.45, 2.75) is 50.3 Å². The van der Waals surface area contributed by atoms with Gasteiger partial charge in [-0.2, -0.15) is 0 Å². The van der Waals surface area contributed by atoms with Crippen LogP contribution in [-0.2, 0) is 6.42 Å². The van der Waals surface area contributed by atoms with E-state index in [9.17, 15) is 0 Å². The van der Waals surface area contributed by atoms with Gasteiger partial charge in [-0.3, -0.25) is 0 Å². The van der Waals surface area contributed by atoms with Crippen LogP contribution in [0.4, 0.5) is 0 Å². The van der Waals surface area contributed by atoms with Gasteiger partial charge in [0, 0.05) is 16.5 Å². The molecule has 104 valence electrons. The van der Waals surface area contributed by atoms with Crippen LogP contribution in [0.5, 0.6) is 5.75 Å². The van der Waals surface area contributed by atoms with E-state index < -0.39 is 0 Å². The van der Waals surface area contributed by atoms with Crippen molar-refractivity contribution in [3.8, 4) is 5.75 Å². The lowest BCUT2D eigenvalue weighted by atomic mass is 9.85. The molecule has 1 saturated carbocycles. The predicted molar refractivity (Wildman–Crippen MR) is 83.1 cm³/mol. The van der Waals surface area contributed by atoms with E-state index in [-0.39, 0.29) is 5.38 Å². The first-order valence-corrected chi connectivity index (χ1v) is 8.56. The van der Waals surface area contributed by atoms with Gasteiger partial charge in [-0.25, -0.2) is 0 Å². The van der Waals surface area contributed by atoms with Crippen molar-refractivity contribution in [2.24, 2.45) is 5.92 Å². The van der Waals surface area contributed by atoms with Crippen molar-refractivity contribution in [3.05, 3.63) is 27.7 Å².